The van der Waals surface area contributed by atoms with Crippen LogP contribution in [-0.4, -0.2) is 5.11 Å². The summed E-state index contributed by atoms with van der Waals surface area (Å²) in [6.07, 6.45) is 0. The highest BCUT2D eigenvalue weighted by Crippen LogP contribution is 2.54. The zero-order valence-electron chi connectivity index (χ0n) is 11.6. The molecule has 0 saturated heterocycles. The molecule has 0 aliphatic carbocycles. The highest BCUT2D eigenvalue weighted by atomic mass is 32.1. The molecule has 1 aliphatic rings. The molecular formula is C16H11O4PS2. The van der Waals surface area contributed by atoms with Gasteiger partial charge in [-0.15, -0.1) is 25.3 Å². The number of fused-ring (bicyclic) bond motifs is 2. The van der Waals surface area contributed by atoms with E-state index in [4.69, 9.17) is 13.6 Å². The predicted octanol–water partition coefficient (Wildman–Crippen LogP) is 5.20. The van der Waals surface area contributed by atoms with Crippen molar-refractivity contribution in [3.63, 3.8) is 0 Å². The summed E-state index contributed by atoms with van der Waals surface area (Å²) in [5, 5.41) is 11.9. The van der Waals surface area contributed by atoms with Crippen molar-refractivity contribution in [1.82, 2.24) is 0 Å². The Morgan fingerprint density at radius 1 is 0.826 bits per heavy atom. The van der Waals surface area contributed by atoms with E-state index in [0.717, 1.165) is 15.7 Å². The molecule has 23 heavy (non-hydrogen) atoms. The van der Waals surface area contributed by atoms with Crippen LogP contribution in [0.15, 0.2) is 58.3 Å². The normalized spacial score (nSPS) is 15.8. The summed E-state index contributed by atoms with van der Waals surface area (Å²) < 4.78 is 17.0. The second kappa shape index (κ2) is 5.71. The molecule has 1 atom stereocenters. The number of rotatable bonds is 2. The van der Waals surface area contributed by atoms with Gasteiger partial charge in [0.2, 0.25) is 0 Å². The third kappa shape index (κ3) is 2.90. The molecular weight excluding hydrogens is 351 g/mol. The molecule has 3 aromatic rings. The molecule has 1 unspecified atom stereocenters. The number of phenolic OH excluding ortho intramolecular Hbond substituents is 1. The first-order valence-electron chi connectivity index (χ1n) is 6.71. The third-order valence-corrected chi connectivity index (χ3v) is 4.94. The van der Waals surface area contributed by atoms with Gasteiger partial charge < -0.3 is 18.7 Å². The number of benzene rings is 3. The van der Waals surface area contributed by atoms with Gasteiger partial charge in [-0.2, -0.15) is 0 Å². The molecule has 0 radical (unpaired) electrons. The third-order valence-electron chi connectivity index (χ3n) is 3.35. The summed E-state index contributed by atoms with van der Waals surface area (Å²) in [5.74, 6) is 1.53. The van der Waals surface area contributed by atoms with Crippen molar-refractivity contribution < 1.29 is 18.7 Å². The predicted molar refractivity (Wildman–Crippen MR) is 95.4 cm³/mol. The van der Waals surface area contributed by atoms with Crippen molar-refractivity contribution >= 4 is 44.6 Å². The Kier molecular flexibility index (Phi) is 3.68. The van der Waals surface area contributed by atoms with E-state index in [2.05, 4.69) is 25.3 Å². The molecule has 7 heteroatoms. The van der Waals surface area contributed by atoms with Gasteiger partial charge >= 0.3 is 8.60 Å². The summed E-state index contributed by atoms with van der Waals surface area (Å²) in [7, 11) is -1.65. The van der Waals surface area contributed by atoms with E-state index < -0.39 is 8.60 Å². The number of hydrogen-bond donors (Lipinski definition) is 3. The van der Waals surface area contributed by atoms with Crippen LogP contribution in [0, 0.1) is 0 Å². The monoisotopic (exact) mass is 362 g/mol. The zero-order chi connectivity index (χ0) is 16.0. The van der Waals surface area contributed by atoms with Crippen LogP contribution in [-0.2, 0) is 0 Å². The van der Waals surface area contributed by atoms with E-state index in [0.29, 0.717) is 22.1 Å². The lowest BCUT2D eigenvalue weighted by molar-refractivity contribution is 0.401. The molecule has 4 nitrogen and oxygen atoms in total. The van der Waals surface area contributed by atoms with Crippen LogP contribution in [0.1, 0.15) is 0 Å². The molecule has 1 N–H and O–H groups in total. The highest BCUT2D eigenvalue weighted by Gasteiger charge is 2.31. The number of thiol groups is 2. The maximum Gasteiger partial charge on any atom is 0.530 e. The smallest absolute Gasteiger partial charge is 0.504 e. The summed E-state index contributed by atoms with van der Waals surface area (Å²) in [6, 6.07) is 14.5. The molecule has 1 heterocycles. The van der Waals surface area contributed by atoms with Crippen LogP contribution in [0.4, 0.5) is 0 Å². The zero-order valence-corrected chi connectivity index (χ0v) is 14.3. The fourth-order valence-electron chi connectivity index (χ4n) is 2.27. The molecule has 0 aromatic heterocycles. The summed E-state index contributed by atoms with van der Waals surface area (Å²) >= 11 is 8.50. The SMILES string of the molecule is Oc1cc(S)ccc1OP1Oc2cc3ccc(S)cc3cc2O1. The molecule has 0 spiro atoms. The van der Waals surface area contributed by atoms with Crippen LogP contribution in [0.3, 0.4) is 0 Å². The van der Waals surface area contributed by atoms with Crippen molar-refractivity contribution in [2.75, 3.05) is 0 Å². The van der Waals surface area contributed by atoms with E-state index >= 15 is 0 Å². The van der Waals surface area contributed by atoms with Crippen molar-refractivity contribution in [3.8, 4) is 23.0 Å². The van der Waals surface area contributed by atoms with E-state index in [1.165, 1.54) is 6.07 Å². The lowest BCUT2D eigenvalue weighted by Gasteiger charge is -2.10. The van der Waals surface area contributed by atoms with Gasteiger partial charge in [-0.25, -0.2) is 0 Å². The lowest BCUT2D eigenvalue weighted by atomic mass is 10.1. The number of aromatic hydroxyl groups is 1. The Balaban J connectivity index is 1.61. The molecule has 0 amide bonds. The fraction of sp³-hybridized carbons (Fsp3) is 0. The van der Waals surface area contributed by atoms with Crippen LogP contribution >= 0.6 is 33.9 Å². The minimum Gasteiger partial charge on any atom is -0.504 e. The molecule has 0 bridgehead atoms. The first kappa shape index (κ1) is 14.8. The quantitative estimate of drug-likeness (QED) is 0.433. The van der Waals surface area contributed by atoms with Gasteiger partial charge in [-0.1, -0.05) is 6.07 Å². The molecule has 1 aliphatic heterocycles. The van der Waals surface area contributed by atoms with Crippen molar-refractivity contribution in [2.45, 2.75) is 9.79 Å². The Morgan fingerprint density at radius 2 is 1.48 bits per heavy atom. The Hall–Kier alpha value is -1.75. The second-order valence-corrected chi connectivity index (χ2v) is 7.01. The van der Waals surface area contributed by atoms with Gasteiger partial charge in [0.15, 0.2) is 23.0 Å². The van der Waals surface area contributed by atoms with Gasteiger partial charge in [0.05, 0.1) is 0 Å². The van der Waals surface area contributed by atoms with Gasteiger partial charge in [0, 0.05) is 9.79 Å². The molecule has 0 fully saturated rings. The average Bonchev–Trinajstić information content (AvgIpc) is 2.89. The van der Waals surface area contributed by atoms with Crippen molar-refractivity contribution in [3.05, 3.63) is 48.5 Å². The van der Waals surface area contributed by atoms with E-state index in [1.54, 1.807) is 12.1 Å². The Labute approximate surface area is 144 Å². The Bertz CT molecular complexity index is 916. The Morgan fingerprint density at radius 3 is 2.22 bits per heavy atom. The molecule has 3 aromatic carbocycles. The van der Waals surface area contributed by atoms with Crippen molar-refractivity contribution in [1.29, 1.82) is 0 Å². The summed E-state index contributed by atoms with van der Waals surface area (Å²) in [6.45, 7) is 0. The largest absolute Gasteiger partial charge is 0.530 e. The van der Waals surface area contributed by atoms with Gasteiger partial charge in [-0.05, 0) is 53.2 Å². The molecule has 4 rings (SSSR count). The van der Waals surface area contributed by atoms with Crippen LogP contribution < -0.4 is 13.6 Å². The van der Waals surface area contributed by atoms with E-state index in [1.807, 2.05) is 30.3 Å². The standard InChI is InChI=1S/C16H11O4PS2/c17-13-8-12(23)3-4-14(13)18-21-19-15-6-9-1-2-11(22)5-10(9)7-16(15)20-21/h1-8,17,22-23H. The number of phenols is 1. The maximum absolute atomic E-state index is 9.87. The van der Waals surface area contributed by atoms with Gasteiger partial charge in [-0.3, -0.25) is 0 Å². The highest BCUT2D eigenvalue weighted by molar-refractivity contribution is 7.80. The second-order valence-electron chi connectivity index (χ2n) is 4.98. The van der Waals surface area contributed by atoms with E-state index in [9.17, 15) is 5.11 Å². The molecule has 0 saturated carbocycles. The van der Waals surface area contributed by atoms with Crippen molar-refractivity contribution in [2.24, 2.45) is 0 Å². The van der Waals surface area contributed by atoms with Gasteiger partial charge in [0.25, 0.3) is 0 Å². The van der Waals surface area contributed by atoms with Crippen LogP contribution in [0.25, 0.3) is 10.8 Å². The average molecular weight is 362 g/mol. The maximum atomic E-state index is 9.87. The minimum absolute atomic E-state index is 0.00645. The van der Waals surface area contributed by atoms with Crippen LogP contribution in [0.2, 0.25) is 0 Å². The number of hydrogen-bond acceptors (Lipinski definition) is 6. The first-order valence-corrected chi connectivity index (χ1v) is 8.70. The summed E-state index contributed by atoms with van der Waals surface area (Å²) in [4.78, 5) is 1.53. The van der Waals surface area contributed by atoms with Crippen LogP contribution in [0.5, 0.6) is 23.0 Å². The lowest BCUT2D eigenvalue weighted by Crippen LogP contribution is -1.94. The van der Waals surface area contributed by atoms with Gasteiger partial charge in [0.1, 0.15) is 0 Å². The fourth-order valence-corrected chi connectivity index (χ4v) is 3.71. The molecule has 116 valence electrons. The first-order chi connectivity index (χ1) is 11.1. The summed E-state index contributed by atoms with van der Waals surface area (Å²) in [5.41, 5.74) is 0. The topological polar surface area (TPSA) is 47.9 Å². The van der Waals surface area contributed by atoms with E-state index in [-0.39, 0.29) is 5.75 Å². The minimum atomic E-state index is -1.65.